The van der Waals surface area contributed by atoms with Gasteiger partial charge < -0.3 is 20.3 Å². The van der Waals surface area contributed by atoms with Gasteiger partial charge in [0.1, 0.15) is 17.7 Å². The molecule has 4 atom stereocenters. The number of nitrogens with zero attached hydrogens (tertiary/aromatic N) is 1. The number of anilines is 1. The van der Waals surface area contributed by atoms with Gasteiger partial charge in [-0.1, -0.05) is 76.2 Å². The second-order valence-electron chi connectivity index (χ2n) is 11.5. The Balaban J connectivity index is 2.67. The Morgan fingerprint density at radius 3 is 2.12 bits per heavy atom. The molecule has 0 aliphatic heterocycles. The molecule has 0 aliphatic rings. The Morgan fingerprint density at radius 1 is 1.00 bits per heavy atom. The van der Waals surface area contributed by atoms with Crippen LogP contribution in [0.2, 0.25) is 0 Å². The van der Waals surface area contributed by atoms with Gasteiger partial charge >= 0.3 is 6.09 Å². The molecule has 0 heterocycles. The van der Waals surface area contributed by atoms with Crippen molar-refractivity contribution >= 4 is 29.7 Å². The molecule has 4 unspecified atom stereocenters. The largest absolute Gasteiger partial charge is 0.444 e. The van der Waals surface area contributed by atoms with Gasteiger partial charge in [0, 0.05) is 11.7 Å². The SMILES string of the molecule is C=Cc1cccc(C(C(=O)Nc2c(C)cccc2C)N(C(=O)C(NC(=O)OC(C)(C)C)C(C)CC)C(C)CC)c1. The predicted octanol–water partition coefficient (Wildman–Crippen LogP) is 7.19. The van der Waals surface area contributed by atoms with E-state index >= 15 is 0 Å². The number of para-hydroxylation sites is 1. The van der Waals surface area contributed by atoms with Crippen LogP contribution >= 0.6 is 0 Å². The number of hydrogen-bond donors (Lipinski definition) is 2. The average Bonchev–Trinajstić information content (AvgIpc) is 2.90. The van der Waals surface area contributed by atoms with E-state index in [1.807, 2.05) is 84.0 Å². The van der Waals surface area contributed by atoms with Gasteiger partial charge in [0.25, 0.3) is 5.91 Å². The second kappa shape index (κ2) is 14.1. The lowest BCUT2D eigenvalue weighted by atomic mass is 9.93. The summed E-state index contributed by atoms with van der Waals surface area (Å²) in [4.78, 5) is 43.1. The van der Waals surface area contributed by atoms with Crippen molar-refractivity contribution in [3.63, 3.8) is 0 Å². The van der Waals surface area contributed by atoms with Crippen molar-refractivity contribution in [1.82, 2.24) is 10.2 Å². The molecule has 0 fully saturated rings. The molecule has 218 valence electrons. The van der Waals surface area contributed by atoms with E-state index in [-0.39, 0.29) is 23.8 Å². The van der Waals surface area contributed by atoms with Gasteiger partial charge in [0.15, 0.2) is 0 Å². The molecular formula is C33H47N3O4. The summed E-state index contributed by atoms with van der Waals surface area (Å²) >= 11 is 0. The average molecular weight is 550 g/mol. The first-order valence-electron chi connectivity index (χ1n) is 14.1. The third-order valence-electron chi connectivity index (χ3n) is 7.19. The van der Waals surface area contributed by atoms with Crippen molar-refractivity contribution in [2.45, 2.75) is 98.9 Å². The third-order valence-corrected chi connectivity index (χ3v) is 7.19. The number of aryl methyl sites for hydroxylation is 2. The standard InChI is InChI=1S/C33H47N3O4/c1-11-21(4)28(35-32(39)40-33(8,9)10)31(38)36(24(7)12-2)29(26-19-15-18-25(13-3)20-26)30(37)34-27-22(5)16-14-17-23(27)6/h13-21,24,28-29H,3,11-12H2,1-2,4-10H3,(H,34,37)(H,35,39). The molecule has 0 aromatic heterocycles. The van der Waals surface area contributed by atoms with E-state index < -0.39 is 23.8 Å². The normalized spacial score (nSPS) is 14.3. The molecule has 0 saturated heterocycles. The first-order valence-corrected chi connectivity index (χ1v) is 14.1. The minimum atomic E-state index is -0.951. The number of amides is 3. The number of carbonyl (C=O) groups excluding carboxylic acids is 3. The van der Waals surface area contributed by atoms with Gasteiger partial charge in [-0.25, -0.2) is 4.79 Å². The van der Waals surface area contributed by atoms with Crippen LogP contribution in [0.15, 0.2) is 49.0 Å². The molecule has 2 rings (SSSR count). The molecule has 2 N–H and O–H groups in total. The van der Waals surface area contributed by atoms with Crippen LogP contribution in [0.4, 0.5) is 10.5 Å². The highest BCUT2D eigenvalue weighted by Gasteiger charge is 2.40. The zero-order valence-corrected chi connectivity index (χ0v) is 25.6. The minimum absolute atomic E-state index is 0.201. The van der Waals surface area contributed by atoms with Crippen molar-refractivity contribution in [2.24, 2.45) is 5.92 Å². The van der Waals surface area contributed by atoms with Gasteiger partial charge in [-0.15, -0.1) is 0 Å². The molecule has 0 spiro atoms. The van der Waals surface area contributed by atoms with Gasteiger partial charge in [-0.05, 0) is 82.2 Å². The van der Waals surface area contributed by atoms with Crippen LogP contribution in [-0.4, -0.2) is 40.5 Å². The Hall–Kier alpha value is -3.61. The summed E-state index contributed by atoms with van der Waals surface area (Å²) in [5.41, 5.74) is 3.36. The first-order chi connectivity index (χ1) is 18.7. The Labute approximate surface area is 240 Å². The summed E-state index contributed by atoms with van der Waals surface area (Å²) in [6, 6.07) is 11.2. The van der Waals surface area contributed by atoms with Crippen LogP contribution in [0.3, 0.4) is 0 Å². The topological polar surface area (TPSA) is 87.7 Å². The van der Waals surface area contributed by atoms with Crippen molar-refractivity contribution in [2.75, 3.05) is 5.32 Å². The molecule has 7 heteroatoms. The molecule has 7 nitrogen and oxygen atoms in total. The maximum atomic E-state index is 14.5. The van der Waals surface area contributed by atoms with E-state index in [1.54, 1.807) is 31.7 Å². The fraction of sp³-hybridized carbons (Fsp3) is 0.485. The van der Waals surface area contributed by atoms with Crippen LogP contribution < -0.4 is 10.6 Å². The molecule has 0 aliphatic carbocycles. The lowest BCUT2D eigenvalue weighted by Crippen LogP contribution is -2.56. The van der Waals surface area contributed by atoms with E-state index in [4.69, 9.17) is 4.74 Å². The van der Waals surface area contributed by atoms with Crippen LogP contribution in [0.25, 0.3) is 6.08 Å². The number of alkyl carbamates (subject to hydrolysis) is 1. The van der Waals surface area contributed by atoms with Crippen LogP contribution in [0.1, 0.15) is 89.6 Å². The van der Waals surface area contributed by atoms with E-state index in [2.05, 4.69) is 17.2 Å². The number of benzene rings is 2. The Morgan fingerprint density at radius 2 is 1.60 bits per heavy atom. The number of carbonyl (C=O) groups is 3. The Kier molecular flexibility index (Phi) is 11.5. The maximum absolute atomic E-state index is 14.5. The zero-order chi connectivity index (χ0) is 30.2. The van der Waals surface area contributed by atoms with Gasteiger partial charge in [-0.2, -0.15) is 0 Å². The number of nitrogens with one attached hydrogen (secondary N) is 2. The summed E-state index contributed by atoms with van der Waals surface area (Å²) in [6.07, 6.45) is 2.30. The summed E-state index contributed by atoms with van der Waals surface area (Å²) in [7, 11) is 0. The summed E-state index contributed by atoms with van der Waals surface area (Å²) in [6.45, 7) is 20.9. The molecule has 3 amide bonds. The minimum Gasteiger partial charge on any atom is -0.444 e. The van der Waals surface area contributed by atoms with Gasteiger partial charge in [0.2, 0.25) is 5.91 Å². The van der Waals surface area contributed by atoms with E-state index in [0.717, 1.165) is 22.4 Å². The predicted molar refractivity (Wildman–Crippen MR) is 163 cm³/mol. The smallest absolute Gasteiger partial charge is 0.408 e. The highest BCUT2D eigenvalue weighted by molar-refractivity contribution is 6.00. The van der Waals surface area contributed by atoms with Crippen LogP contribution in [0.5, 0.6) is 0 Å². The quantitative estimate of drug-likeness (QED) is 0.310. The van der Waals surface area contributed by atoms with Gasteiger partial charge in [0.05, 0.1) is 0 Å². The molecule has 2 aromatic rings. The number of hydrogen-bond acceptors (Lipinski definition) is 4. The van der Waals surface area contributed by atoms with Crippen molar-refractivity contribution in [3.05, 3.63) is 71.3 Å². The van der Waals surface area contributed by atoms with E-state index in [1.165, 1.54) is 0 Å². The lowest BCUT2D eigenvalue weighted by molar-refractivity contribution is -0.144. The molecule has 0 saturated carbocycles. The third kappa shape index (κ3) is 8.44. The molecule has 2 aromatic carbocycles. The molecule has 0 radical (unpaired) electrons. The summed E-state index contributed by atoms with van der Waals surface area (Å²) in [5.74, 6) is -0.860. The fourth-order valence-corrected chi connectivity index (χ4v) is 4.57. The van der Waals surface area contributed by atoms with Crippen molar-refractivity contribution < 1.29 is 19.1 Å². The molecule has 40 heavy (non-hydrogen) atoms. The highest BCUT2D eigenvalue weighted by Crippen LogP contribution is 2.31. The summed E-state index contributed by atoms with van der Waals surface area (Å²) in [5, 5.41) is 5.93. The zero-order valence-electron chi connectivity index (χ0n) is 25.6. The van der Waals surface area contributed by atoms with Crippen LogP contribution in [-0.2, 0) is 14.3 Å². The number of ether oxygens (including phenoxy) is 1. The van der Waals surface area contributed by atoms with Crippen LogP contribution in [0, 0.1) is 19.8 Å². The monoisotopic (exact) mass is 549 g/mol. The van der Waals surface area contributed by atoms with E-state index in [9.17, 15) is 14.4 Å². The van der Waals surface area contributed by atoms with Crippen molar-refractivity contribution in [1.29, 1.82) is 0 Å². The second-order valence-corrected chi connectivity index (χ2v) is 11.5. The fourth-order valence-electron chi connectivity index (χ4n) is 4.57. The maximum Gasteiger partial charge on any atom is 0.408 e. The van der Waals surface area contributed by atoms with E-state index in [0.29, 0.717) is 18.4 Å². The van der Waals surface area contributed by atoms with Gasteiger partial charge in [-0.3, -0.25) is 9.59 Å². The lowest BCUT2D eigenvalue weighted by Gasteiger charge is -2.39. The Bertz CT molecular complexity index is 1180. The highest BCUT2D eigenvalue weighted by atomic mass is 16.6. The summed E-state index contributed by atoms with van der Waals surface area (Å²) < 4.78 is 5.50. The first kappa shape index (κ1) is 32.6. The van der Waals surface area contributed by atoms with Crippen molar-refractivity contribution in [3.8, 4) is 0 Å². The number of rotatable bonds is 11. The molecular weight excluding hydrogens is 502 g/mol. The molecule has 0 bridgehead atoms.